The van der Waals surface area contributed by atoms with E-state index in [0.29, 0.717) is 5.56 Å². The number of pyridine rings is 1. The molecule has 0 radical (unpaired) electrons. The molecule has 1 saturated heterocycles. The molecule has 0 spiro atoms. The van der Waals surface area contributed by atoms with E-state index in [1.807, 2.05) is 34.8 Å². The number of likely N-dealkylation sites (N-methyl/N-ethyl adjacent to an activating group) is 1. The van der Waals surface area contributed by atoms with E-state index in [9.17, 15) is 4.79 Å². The first-order chi connectivity index (χ1) is 14.5. The molecule has 1 fully saturated rings. The Morgan fingerprint density at radius 2 is 1.93 bits per heavy atom. The van der Waals surface area contributed by atoms with Crippen molar-refractivity contribution in [1.29, 1.82) is 0 Å². The molecule has 158 valence electrons. The van der Waals surface area contributed by atoms with Crippen LogP contribution in [0.5, 0.6) is 0 Å². The second-order valence-corrected chi connectivity index (χ2v) is 8.57. The Morgan fingerprint density at radius 1 is 1.20 bits per heavy atom. The lowest BCUT2D eigenvalue weighted by Crippen LogP contribution is -2.35. The van der Waals surface area contributed by atoms with Gasteiger partial charge in [0.2, 0.25) is 0 Å². The van der Waals surface area contributed by atoms with Crippen LogP contribution in [-0.4, -0.2) is 63.7 Å². The molecule has 2 aromatic heterocycles. The molecule has 0 saturated carbocycles. The Labute approximate surface area is 178 Å². The number of nitrogens with zero attached hydrogens (tertiary/aromatic N) is 5. The molecule has 6 nitrogen and oxygen atoms in total. The number of fused-ring (bicyclic) bond motifs is 1. The average molecular weight is 406 g/mol. The zero-order valence-electron chi connectivity index (χ0n) is 18.4. The number of carbonyl (C=O) groups excluding carboxylic acids is 1. The zero-order chi connectivity index (χ0) is 21.3. The number of hydrogen-bond acceptors (Lipinski definition) is 4. The van der Waals surface area contributed by atoms with Crippen LogP contribution in [0.25, 0.3) is 22.3 Å². The fourth-order valence-electron chi connectivity index (χ4n) is 4.18. The smallest absolute Gasteiger partial charge is 0.254 e. The van der Waals surface area contributed by atoms with Gasteiger partial charge in [-0.2, -0.15) is 5.10 Å². The Morgan fingerprint density at radius 3 is 2.63 bits per heavy atom. The summed E-state index contributed by atoms with van der Waals surface area (Å²) in [5.74, 6) is 0.0275. The maximum atomic E-state index is 13.5. The molecule has 6 heteroatoms. The minimum Gasteiger partial charge on any atom is -0.340 e. The van der Waals surface area contributed by atoms with Gasteiger partial charge >= 0.3 is 0 Å². The highest BCUT2D eigenvalue weighted by Gasteiger charge is 2.22. The normalized spacial score (nSPS) is 14.7. The molecule has 3 aromatic rings. The SMILES string of the molecule is Cc1ccccc1-c1cc(C(=O)N(C)CCN2CCCC2)c2cnn(C(C)C)c2n1. The van der Waals surface area contributed by atoms with Gasteiger partial charge in [0.25, 0.3) is 5.91 Å². The zero-order valence-corrected chi connectivity index (χ0v) is 18.4. The lowest BCUT2D eigenvalue weighted by molar-refractivity contribution is 0.0784. The summed E-state index contributed by atoms with van der Waals surface area (Å²) in [6, 6.07) is 10.3. The van der Waals surface area contributed by atoms with Gasteiger partial charge in [0.1, 0.15) is 0 Å². The molecule has 0 aliphatic carbocycles. The second-order valence-electron chi connectivity index (χ2n) is 8.57. The van der Waals surface area contributed by atoms with Crippen molar-refractivity contribution in [3.8, 4) is 11.3 Å². The Hall–Kier alpha value is -2.73. The van der Waals surface area contributed by atoms with Crippen molar-refractivity contribution in [2.24, 2.45) is 0 Å². The molecule has 1 aromatic carbocycles. The Bertz CT molecular complexity index is 1050. The van der Waals surface area contributed by atoms with Crippen molar-refractivity contribution in [3.05, 3.63) is 47.7 Å². The van der Waals surface area contributed by atoms with E-state index < -0.39 is 0 Å². The Balaban J connectivity index is 1.73. The number of amides is 1. The summed E-state index contributed by atoms with van der Waals surface area (Å²) in [4.78, 5) is 22.6. The third-order valence-corrected chi connectivity index (χ3v) is 6.00. The first kappa shape index (κ1) is 20.5. The van der Waals surface area contributed by atoms with E-state index in [1.165, 1.54) is 12.8 Å². The largest absolute Gasteiger partial charge is 0.340 e. The van der Waals surface area contributed by atoms with Crippen molar-refractivity contribution in [2.45, 2.75) is 39.7 Å². The van der Waals surface area contributed by atoms with E-state index >= 15 is 0 Å². The van der Waals surface area contributed by atoms with Crippen LogP contribution in [0.3, 0.4) is 0 Å². The van der Waals surface area contributed by atoms with Crippen molar-refractivity contribution in [1.82, 2.24) is 24.6 Å². The van der Waals surface area contributed by atoms with Crippen LogP contribution in [0, 0.1) is 6.92 Å². The predicted molar refractivity (Wildman–Crippen MR) is 121 cm³/mol. The summed E-state index contributed by atoms with van der Waals surface area (Å²) < 4.78 is 1.90. The molecule has 0 N–H and O–H groups in total. The maximum absolute atomic E-state index is 13.5. The van der Waals surface area contributed by atoms with Gasteiger partial charge in [0.15, 0.2) is 5.65 Å². The van der Waals surface area contributed by atoms with Crippen LogP contribution in [0.15, 0.2) is 36.5 Å². The van der Waals surface area contributed by atoms with Crippen LogP contribution < -0.4 is 0 Å². The lowest BCUT2D eigenvalue weighted by Gasteiger charge is -2.22. The fourth-order valence-corrected chi connectivity index (χ4v) is 4.18. The van der Waals surface area contributed by atoms with E-state index in [-0.39, 0.29) is 11.9 Å². The van der Waals surface area contributed by atoms with Crippen molar-refractivity contribution in [3.63, 3.8) is 0 Å². The summed E-state index contributed by atoms with van der Waals surface area (Å²) in [6.45, 7) is 10.2. The van der Waals surface area contributed by atoms with Crippen LogP contribution >= 0.6 is 0 Å². The van der Waals surface area contributed by atoms with Crippen LogP contribution in [0.2, 0.25) is 0 Å². The molecule has 0 atom stereocenters. The van der Waals surface area contributed by atoms with Gasteiger partial charge in [0, 0.05) is 31.7 Å². The van der Waals surface area contributed by atoms with Crippen LogP contribution in [0.4, 0.5) is 0 Å². The summed E-state index contributed by atoms with van der Waals surface area (Å²) in [5.41, 5.74) is 4.45. The third kappa shape index (κ3) is 3.97. The number of hydrogen-bond donors (Lipinski definition) is 0. The van der Waals surface area contributed by atoms with E-state index in [0.717, 1.165) is 54.0 Å². The number of aromatic nitrogens is 3. The monoisotopic (exact) mass is 405 g/mol. The maximum Gasteiger partial charge on any atom is 0.254 e. The highest BCUT2D eigenvalue weighted by atomic mass is 16.2. The molecule has 0 bridgehead atoms. The van der Waals surface area contributed by atoms with E-state index in [4.69, 9.17) is 4.98 Å². The van der Waals surface area contributed by atoms with Gasteiger partial charge in [-0.3, -0.25) is 4.79 Å². The number of likely N-dealkylation sites (tertiary alicyclic amines) is 1. The van der Waals surface area contributed by atoms with Gasteiger partial charge in [-0.15, -0.1) is 0 Å². The first-order valence-electron chi connectivity index (χ1n) is 10.9. The number of rotatable bonds is 6. The van der Waals surface area contributed by atoms with Crippen molar-refractivity contribution >= 4 is 16.9 Å². The Kier molecular flexibility index (Phi) is 5.86. The van der Waals surface area contributed by atoms with Gasteiger partial charge < -0.3 is 9.80 Å². The number of benzene rings is 1. The topological polar surface area (TPSA) is 54.3 Å². The quantitative estimate of drug-likeness (QED) is 0.618. The summed E-state index contributed by atoms with van der Waals surface area (Å²) in [6.07, 6.45) is 4.30. The molecule has 1 aliphatic rings. The molecule has 30 heavy (non-hydrogen) atoms. The highest BCUT2D eigenvalue weighted by Crippen LogP contribution is 2.28. The molecule has 1 aliphatic heterocycles. The summed E-state index contributed by atoms with van der Waals surface area (Å²) >= 11 is 0. The van der Waals surface area contributed by atoms with E-state index in [2.05, 4.69) is 42.9 Å². The fraction of sp³-hybridized carbons (Fsp3) is 0.458. The molecule has 3 heterocycles. The van der Waals surface area contributed by atoms with Crippen LogP contribution in [0.1, 0.15) is 48.7 Å². The molecular weight excluding hydrogens is 374 g/mol. The van der Waals surface area contributed by atoms with Gasteiger partial charge in [0.05, 0.1) is 22.8 Å². The first-order valence-corrected chi connectivity index (χ1v) is 10.9. The third-order valence-electron chi connectivity index (χ3n) is 6.00. The van der Waals surface area contributed by atoms with Crippen LogP contribution in [-0.2, 0) is 0 Å². The highest BCUT2D eigenvalue weighted by molar-refractivity contribution is 6.06. The van der Waals surface area contributed by atoms with Gasteiger partial charge in [-0.1, -0.05) is 24.3 Å². The molecular formula is C24H31N5O. The predicted octanol–water partition coefficient (Wildman–Crippen LogP) is 4.16. The average Bonchev–Trinajstić information content (AvgIpc) is 3.40. The summed E-state index contributed by atoms with van der Waals surface area (Å²) in [7, 11) is 1.89. The van der Waals surface area contributed by atoms with Crippen molar-refractivity contribution in [2.75, 3.05) is 33.2 Å². The molecule has 4 rings (SSSR count). The van der Waals surface area contributed by atoms with Gasteiger partial charge in [-0.25, -0.2) is 9.67 Å². The molecule has 0 unspecified atom stereocenters. The standard InChI is InChI=1S/C24H31N5O/c1-17(2)29-23-21(16-25-29)20(15-22(26-23)19-10-6-5-9-18(19)3)24(30)27(4)13-14-28-11-7-8-12-28/h5-6,9-10,15-17H,7-8,11-14H2,1-4H3. The molecule has 1 amide bonds. The second kappa shape index (κ2) is 8.56. The lowest BCUT2D eigenvalue weighted by atomic mass is 10.0. The summed E-state index contributed by atoms with van der Waals surface area (Å²) in [5, 5.41) is 5.36. The number of aryl methyl sites for hydroxylation is 1. The van der Waals surface area contributed by atoms with E-state index in [1.54, 1.807) is 6.20 Å². The van der Waals surface area contributed by atoms with Gasteiger partial charge in [-0.05, 0) is 58.3 Å². The minimum atomic E-state index is 0.0275. The number of carbonyl (C=O) groups is 1. The minimum absolute atomic E-state index is 0.0275. The van der Waals surface area contributed by atoms with Crippen molar-refractivity contribution < 1.29 is 4.79 Å².